The van der Waals surface area contributed by atoms with Crippen LogP contribution in [-0.4, -0.2) is 11.1 Å². The zero-order chi connectivity index (χ0) is 28.5. The van der Waals surface area contributed by atoms with Crippen LogP contribution in [0.3, 0.4) is 0 Å². The Bertz CT molecular complexity index is 1510. The molecule has 0 fully saturated rings. The summed E-state index contributed by atoms with van der Waals surface area (Å²) in [5, 5.41) is 18.5. The van der Waals surface area contributed by atoms with Crippen molar-refractivity contribution >= 4 is 35.0 Å². The molecule has 0 spiro atoms. The zero-order valence-corrected chi connectivity index (χ0v) is 23.0. The summed E-state index contributed by atoms with van der Waals surface area (Å²) < 4.78 is 27.2. The summed E-state index contributed by atoms with van der Waals surface area (Å²) in [6.45, 7) is 2.17. The van der Waals surface area contributed by atoms with Crippen molar-refractivity contribution in [3.8, 4) is 16.5 Å². The predicted octanol–water partition coefficient (Wildman–Crippen LogP) is 9.40. The van der Waals surface area contributed by atoms with E-state index in [0.29, 0.717) is 0 Å². The van der Waals surface area contributed by atoms with Crippen molar-refractivity contribution in [2.24, 2.45) is 0 Å². The van der Waals surface area contributed by atoms with Crippen LogP contribution in [0.25, 0.3) is 28.2 Å². The highest BCUT2D eigenvalue weighted by molar-refractivity contribution is 7.16. The summed E-state index contributed by atoms with van der Waals surface area (Å²) in [4.78, 5) is 13.2. The number of aryl methyl sites for hydroxylation is 1. The Balaban J connectivity index is 1.70. The van der Waals surface area contributed by atoms with Gasteiger partial charge in [0.2, 0.25) is 0 Å². The monoisotopic (exact) mass is 553 g/mol. The molecule has 3 aromatic carbocycles. The normalized spacial score (nSPS) is 11.2. The first-order chi connectivity index (χ1) is 19.4. The van der Waals surface area contributed by atoms with E-state index >= 15 is 0 Å². The molecular formula is C34H29F2NO2S. The molecule has 4 aromatic rings. The number of hydrogen-bond donors (Lipinski definition) is 1. The van der Waals surface area contributed by atoms with Crippen LogP contribution in [0.2, 0.25) is 0 Å². The van der Waals surface area contributed by atoms with Gasteiger partial charge < -0.3 is 5.11 Å². The van der Waals surface area contributed by atoms with E-state index in [1.165, 1.54) is 41.7 Å². The van der Waals surface area contributed by atoms with Crippen molar-refractivity contribution in [2.75, 3.05) is 0 Å². The van der Waals surface area contributed by atoms with Crippen LogP contribution < -0.4 is 0 Å². The maximum atomic E-state index is 13.6. The molecule has 0 radical (unpaired) electrons. The summed E-state index contributed by atoms with van der Waals surface area (Å²) in [6, 6.07) is 24.2. The molecule has 4 rings (SSSR count). The first kappa shape index (κ1) is 28.7. The van der Waals surface area contributed by atoms with E-state index in [2.05, 4.69) is 6.92 Å². The number of rotatable bonds is 11. The maximum absolute atomic E-state index is 13.6. The van der Waals surface area contributed by atoms with E-state index in [1.807, 2.05) is 36.4 Å². The maximum Gasteiger partial charge on any atom is 0.346 e. The van der Waals surface area contributed by atoms with Crippen LogP contribution in [0, 0.1) is 23.0 Å². The number of carbonyl (C=O) groups is 1. The average Bonchev–Trinajstić information content (AvgIpc) is 3.36. The quantitative estimate of drug-likeness (QED) is 0.0871. The Morgan fingerprint density at radius 1 is 0.875 bits per heavy atom. The van der Waals surface area contributed by atoms with E-state index in [0.717, 1.165) is 75.2 Å². The fraction of sp³-hybridized carbons (Fsp3) is 0.176. The van der Waals surface area contributed by atoms with Crippen LogP contribution in [0.1, 0.15) is 59.7 Å². The first-order valence-electron chi connectivity index (χ1n) is 13.2. The van der Waals surface area contributed by atoms with Gasteiger partial charge in [-0.3, -0.25) is 0 Å². The average molecular weight is 554 g/mol. The van der Waals surface area contributed by atoms with E-state index in [1.54, 1.807) is 30.3 Å². The molecule has 0 aliphatic carbocycles. The van der Waals surface area contributed by atoms with Crippen LogP contribution in [0.4, 0.5) is 8.78 Å². The van der Waals surface area contributed by atoms with Crippen molar-refractivity contribution in [1.29, 1.82) is 5.26 Å². The molecule has 40 heavy (non-hydrogen) atoms. The second kappa shape index (κ2) is 13.6. The number of unbranched alkanes of at least 4 members (excludes halogenated alkanes) is 3. The van der Waals surface area contributed by atoms with E-state index in [4.69, 9.17) is 0 Å². The molecule has 0 unspecified atom stereocenters. The van der Waals surface area contributed by atoms with Crippen molar-refractivity contribution < 1.29 is 18.7 Å². The van der Waals surface area contributed by atoms with Gasteiger partial charge in [0.15, 0.2) is 0 Å². The molecule has 0 aliphatic rings. The van der Waals surface area contributed by atoms with Crippen molar-refractivity contribution in [1.82, 2.24) is 0 Å². The highest BCUT2D eigenvalue weighted by Gasteiger charge is 2.14. The fourth-order valence-electron chi connectivity index (χ4n) is 4.47. The van der Waals surface area contributed by atoms with Crippen molar-refractivity contribution in [3.63, 3.8) is 0 Å². The Labute approximate surface area is 237 Å². The van der Waals surface area contributed by atoms with Crippen LogP contribution in [-0.2, 0) is 11.2 Å². The number of halogens is 2. The number of thiophene rings is 1. The minimum atomic E-state index is -1.24. The predicted molar refractivity (Wildman–Crippen MR) is 159 cm³/mol. The van der Waals surface area contributed by atoms with Crippen LogP contribution in [0.15, 0.2) is 84.4 Å². The fourth-order valence-corrected chi connectivity index (χ4v) is 5.63. The van der Waals surface area contributed by atoms with Gasteiger partial charge >= 0.3 is 5.97 Å². The Kier molecular flexibility index (Phi) is 9.77. The lowest BCUT2D eigenvalue weighted by molar-refractivity contribution is -0.132. The number of hydrogen-bond acceptors (Lipinski definition) is 3. The first-order valence-corrected chi connectivity index (χ1v) is 14.0. The smallest absolute Gasteiger partial charge is 0.346 e. The summed E-state index contributed by atoms with van der Waals surface area (Å²) in [5.41, 5.74) is 5.24. The van der Waals surface area contributed by atoms with Crippen molar-refractivity contribution in [2.45, 2.75) is 39.0 Å². The SMILES string of the molecule is CCCCCCc1cc(/C=C(/C#N)C(=O)O)sc1-c1ccc(C=C(c2ccc(F)cc2)c2ccc(F)cc2)cc1. The summed E-state index contributed by atoms with van der Waals surface area (Å²) in [6.07, 6.45) is 8.75. The van der Waals surface area contributed by atoms with Crippen molar-refractivity contribution in [3.05, 3.63) is 123 Å². The molecule has 0 aliphatic heterocycles. The largest absolute Gasteiger partial charge is 0.477 e. The van der Waals surface area contributed by atoms with E-state index in [-0.39, 0.29) is 17.2 Å². The number of nitrogens with zero attached hydrogens (tertiary/aromatic N) is 1. The summed E-state index contributed by atoms with van der Waals surface area (Å²) >= 11 is 1.48. The number of carboxylic acids is 1. The van der Waals surface area contributed by atoms with Gasteiger partial charge in [-0.25, -0.2) is 13.6 Å². The Morgan fingerprint density at radius 2 is 1.48 bits per heavy atom. The standard InChI is InChI=1S/C34H29F2NO2S/c1-2-3-4-5-6-27-20-31(21-28(22-37)34(38)39)40-33(27)26-9-7-23(8-10-26)19-32(24-11-15-29(35)16-12-24)25-13-17-30(36)18-14-25/h7-21H,2-6H2,1H3,(H,38,39)/b28-21-. The molecule has 0 saturated heterocycles. The third kappa shape index (κ3) is 7.40. The summed E-state index contributed by atoms with van der Waals surface area (Å²) in [5.74, 6) is -1.89. The molecule has 0 amide bonds. The molecule has 1 heterocycles. The minimum absolute atomic E-state index is 0.292. The highest BCUT2D eigenvalue weighted by Crippen LogP contribution is 2.36. The van der Waals surface area contributed by atoms with Gasteiger partial charge in [0, 0.05) is 9.75 Å². The molecular weight excluding hydrogens is 524 g/mol. The number of benzene rings is 3. The van der Waals surface area contributed by atoms with E-state index < -0.39 is 5.97 Å². The zero-order valence-electron chi connectivity index (χ0n) is 22.2. The second-order valence-electron chi connectivity index (χ2n) is 9.48. The topological polar surface area (TPSA) is 61.1 Å². The lowest BCUT2D eigenvalue weighted by atomic mass is 9.95. The molecule has 3 nitrogen and oxygen atoms in total. The molecule has 0 saturated carbocycles. The number of aliphatic carboxylic acids is 1. The number of carboxylic acid groups (broad SMARTS) is 1. The van der Waals surface area contributed by atoms with Gasteiger partial charge in [-0.05, 0) is 88.7 Å². The van der Waals surface area contributed by atoms with Gasteiger partial charge in [-0.15, -0.1) is 11.3 Å². The Morgan fingerprint density at radius 3 is 2.00 bits per heavy atom. The van der Waals surface area contributed by atoms with Crippen LogP contribution in [0.5, 0.6) is 0 Å². The highest BCUT2D eigenvalue weighted by atomic mass is 32.1. The van der Waals surface area contributed by atoms with E-state index in [9.17, 15) is 23.9 Å². The number of nitriles is 1. The lowest BCUT2D eigenvalue weighted by Gasteiger charge is -2.10. The minimum Gasteiger partial charge on any atom is -0.477 e. The summed E-state index contributed by atoms with van der Waals surface area (Å²) in [7, 11) is 0. The molecule has 202 valence electrons. The lowest BCUT2D eigenvalue weighted by Crippen LogP contribution is -1.96. The molecule has 0 bridgehead atoms. The van der Waals surface area contributed by atoms with Gasteiger partial charge in [0.25, 0.3) is 0 Å². The Hall–Kier alpha value is -4.34. The third-order valence-corrected chi connectivity index (χ3v) is 7.73. The molecule has 0 atom stereocenters. The molecule has 1 aromatic heterocycles. The van der Waals surface area contributed by atoms with Gasteiger partial charge in [0.1, 0.15) is 23.3 Å². The van der Waals surface area contributed by atoms with Crippen LogP contribution >= 0.6 is 11.3 Å². The third-order valence-electron chi connectivity index (χ3n) is 6.56. The van der Waals surface area contributed by atoms with Gasteiger partial charge in [-0.2, -0.15) is 5.26 Å². The molecule has 1 N–H and O–H groups in total. The van der Waals surface area contributed by atoms with Gasteiger partial charge in [-0.1, -0.05) is 74.7 Å². The second-order valence-corrected chi connectivity index (χ2v) is 10.6. The van der Waals surface area contributed by atoms with Gasteiger partial charge in [0.05, 0.1) is 0 Å². The molecule has 6 heteroatoms.